The molecule has 0 atom stereocenters. The van der Waals surface area contributed by atoms with Crippen molar-refractivity contribution in [1.82, 2.24) is 9.55 Å². The fraction of sp³-hybridized carbons (Fsp3) is 0.667. The average molecular weight is 295 g/mol. The van der Waals surface area contributed by atoms with Gasteiger partial charge in [-0.2, -0.15) is 0 Å². The Labute approximate surface area is 125 Å². The molecule has 0 saturated heterocycles. The van der Waals surface area contributed by atoms with E-state index in [1.165, 1.54) is 0 Å². The highest BCUT2D eigenvalue weighted by Gasteiger charge is 2.05. The van der Waals surface area contributed by atoms with Crippen LogP contribution in [0.25, 0.3) is 0 Å². The topological polar surface area (TPSA) is 84.2 Å². The van der Waals surface area contributed by atoms with E-state index in [-0.39, 0.29) is 12.0 Å². The minimum absolute atomic E-state index is 0.0860. The molecule has 0 unspecified atom stereocenters. The Bertz CT molecular complexity index is 497. The van der Waals surface area contributed by atoms with E-state index in [1.807, 2.05) is 0 Å². The molecule has 0 radical (unpaired) electrons. The molecule has 1 heterocycles. The summed E-state index contributed by atoms with van der Waals surface area (Å²) in [6.45, 7) is 5.50. The predicted molar refractivity (Wildman–Crippen MR) is 82.5 cm³/mol. The van der Waals surface area contributed by atoms with Crippen molar-refractivity contribution in [3.8, 4) is 0 Å². The highest BCUT2D eigenvalue weighted by Crippen LogP contribution is 2.04. The van der Waals surface area contributed by atoms with Gasteiger partial charge in [0, 0.05) is 31.9 Å². The molecule has 118 valence electrons. The lowest BCUT2D eigenvalue weighted by atomic mass is 10.1. The van der Waals surface area contributed by atoms with E-state index in [1.54, 1.807) is 17.0 Å². The molecular weight excluding hydrogens is 270 g/mol. The van der Waals surface area contributed by atoms with Crippen LogP contribution >= 0.6 is 0 Å². The van der Waals surface area contributed by atoms with Gasteiger partial charge in [-0.15, -0.1) is 0 Å². The van der Waals surface area contributed by atoms with Gasteiger partial charge in [-0.25, -0.2) is 4.98 Å². The molecule has 0 aliphatic carbocycles. The Morgan fingerprint density at radius 1 is 1.33 bits per heavy atom. The maximum atomic E-state index is 12.1. The first kappa shape index (κ1) is 17.2. The van der Waals surface area contributed by atoms with Gasteiger partial charge in [-0.05, 0) is 18.8 Å². The Morgan fingerprint density at radius 2 is 2.05 bits per heavy atom. The third kappa shape index (κ3) is 6.92. The third-order valence-corrected chi connectivity index (χ3v) is 3.09. The molecule has 0 spiro atoms. The number of aliphatic carboxylic acids is 1. The molecule has 1 rings (SSSR count). The van der Waals surface area contributed by atoms with Crippen molar-refractivity contribution in [2.45, 2.75) is 52.5 Å². The van der Waals surface area contributed by atoms with Gasteiger partial charge in [0.25, 0.3) is 5.56 Å². The molecule has 0 fully saturated rings. The smallest absolute Gasteiger partial charge is 0.303 e. The molecule has 0 saturated carbocycles. The van der Waals surface area contributed by atoms with Gasteiger partial charge in [0.1, 0.15) is 0 Å². The van der Waals surface area contributed by atoms with Crippen molar-refractivity contribution in [1.29, 1.82) is 0 Å². The number of carbonyl (C=O) groups is 1. The lowest BCUT2D eigenvalue weighted by molar-refractivity contribution is -0.137. The lowest BCUT2D eigenvalue weighted by Gasteiger charge is -2.10. The largest absolute Gasteiger partial charge is 0.481 e. The fourth-order valence-corrected chi connectivity index (χ4v) is 2.07. The standard InChI is InChI=1S/C15H25N3O3/c1-12(2)11-18-10-9-17-14(15(18)21)16-8-6-4-3-5-7-13(19)20/h9-10,12H,3-8,11H2,1-2H3,(H,16,17)(H,19,20). The van der Waals surface area contributed by atoms with Gasteiger partial charge >= 0.3 is 5.97 Å². The number of unbranched alkanes of at least 4 members (excludes halogenated alkanes) is 3. The molecule has 0 amide bonds. The number of carboxylic acids is 1. The summed E-state index contributed by atoms with van der Waals surface area (Å²) in [5.41, 5.74) is -0.0860. The number of anilines is 1. The molecule has 1 aromatic rings. The molecule has 6 nitrogen and oxygen atoms in total. The van der Waals surface area contributed by atoms with Crippen LogP contribution in [0.2, 0.25) is 0 Å². The van der Waals surface area contributed by atoms with Crippen molar-refractivity contribution in [2.24, 2.45) is 5.92 Å². The number of aromatic nitrogens is 2. The van der Waals surface area contributed by atoms with Crippen molar-refractivity contribution in [3.05, 3.63) is 22.7 Å². The van der Waals surface area contributed by atoms with Gasteiger partial charge < -0.3 is 15.0 Å². The van der Waals surface area contributed by atoms with Crippen molar-refractivity contribution < 1.29 is 9.90 Å². The molecular formula is C15H25N3O3. The monoisotopic (exact) mass is 295 g/mol. The Kier molecular flexibility index (Phi) is 7.50. The molecule has 0 aromatic carbocycles. The molecule has 0 bridgehead atoms. The highest BCUT2D eigenvalue weighted by atomic mass is 16.4. The SMILES string of the molecule is CC(C)Cn1ccnc(NCCCCCCC(=O)O)c1=O. The first-order valence-electron chi connectivity index (χ1n) is 7.52. The third-order valence-electron chi connectivity index (χ3n) is 3.09. The first-order chi connectivity index (χ1) is 10.0. The van der Waals surface area contributed by atoms with Gasteiger partial charge in [0.05, 0.1) is 0 Å². The molecule has 6 heteroatoms. The molecule has 1 aromatic heterocycles. The lowest BCUT2D eigenvalue weighted by Crippen LogP contribution is -2.26. The van der Waals surface area contributed by atoms with E-state index in [4.69, 9.17) is 5.11 Å². The zero-order valence-corrected chi connectivity index (χ0v) is 12.8. The van der Waals surface area contributed by atoms with Crippen molar-refractivity contribution in [3.63, 3.8) is 0 Å². The summed E-state index contributed by atoms with van der Waals surface area (Å²) in [5, 5.41) is 11.6. The molecule has 2 N–H and O–H groups in total. The molecule has 0 aliphatic heterocycles. The van der Waals surface area contributed by atoms with Crippen molar-refractivity contribution >= 4 is 11.8 Å². The summed E-state index contributed by atoms with van der Waals surface area (Å²) in [4.78, 5) is 26.6. The first-order valence-corrected chi connectivity index (χ1v) is 7.52. The normalized spacial score (nSPS) is 10.8. The van der Waals surface area contributed by atoms with E-state index < -0.39 is 5.97 Å². The average Bonchev–Trinajstić information content (AvgIpc) is 2.40. The zero-order valence-electron chi connectivity index (χ0n) is 12.8. The van der Waals surface area contributed by atoms with Crippen LogP contribution in [-0.2, 0) is 11.3 Å². The summed E-state index contributed by atoms with van der Waals surface area (Å²) in [5.74, 6) is 0.0585. The molecule has 21 heavy (non-hydrogen) atoms. The predicted octanol–water partition coefficient (Wildman–Crippen LogP) is 2.35. The summed E-state index contributed by atoms with van der Waals surface area (Å²) in [6.07, 6.45) is 7.03. The van der Waals surface area contributed by atoms with Gasteiger partial charge in [-0.1, -0.05) is 26.7 Å². The number of hydrogen-bond acceptors (Lipinski definition) is 4. The summed E-state index contributed by atoms with van der Waals surface area (Å²) >= 11 is 0. The highest BCUT2D eigenvalue weighted by molar-refractivity contribution is 5.66. The van der Waals surface area contributed by atoms with Crippen LogP contribution in [0.4, 0.5) is 5.82 Å². The van der Waals surface area contributed by atoms with Crippen LogP contribution in [-0.4, -0.2) is 27.2 Å². The minimum atomic E-state index is -0.743. The molecule has 0 aliphatic rings. The number of hydrogen-bond donors (Lipinski definition) is 2. The number of carboxylic acid groups (broad SMARTS) is 1. The van der Waals surface area contributed by atoms with Gasteiger partial charge in [0.15, 0.2) is 5.82 Å². The number of nitrogens with zero attached hydrogens (tertiary/aromatic N) is 2. The second-order valence-electron chi connectivity index (χ2n) is 5.61. The van der Waals surface area contributed by atoms with E-state index in [0.717, 1.165) is 19.3 Å². The van der Waals surface area contributed by atoms with Crippen LogP contribution in [0.3, 0.4) is 0 Å². The van der Waals surface area contributed by atoms with E-state index >= 15 is 0 Å². The Balaban J connectivity index is 2.32. The van der Waals surface area contributed by atoms with Crippen LogP contribution in [0.5, 0.6) is 0 Å². The van der Waals surface area contributed by atoms with Crippen LogP contribution in [0.15, 0.2) is 17.2 Å². The summed E-state index contributed by atoms with van der Waals surface area (Å²) < 4.78 is 1.67. The quantitative estimate of drug-likeness (QED) is 0.647. The minimum Gasteiger partial charge on any atom is -0.481 e. The summed E-state index contributed by atoms with van der Waals surface area (Å²) in [7, 11) is 0. The Hall–Kier alpha value is -1.85. The maximum absolute atomic E-state index is 12.1. The zero-order chi connectivity index (χ0) is 15.7. The van der Waals surface area contributed by atoms with Gasteiger partial charge in [0.2, 0.25) is 0 Å². The summed E-state index contributed by atoms with van der Waals surface area (Å²) in [6, 6.07) is 0. The number of nitrogens with one attached hydrogen (secondary N) is 1. The second-order valence-corrected chi connectivity index (χ2v) is 5.61. The van der Waals surface area contributed by atoms with Gasteiger partial charge in [-0.3, -0.25) is 9.59 Å². The van der Waals surface area contributed by atoms with E-state index in [0.29, 0.717) is 31.2 Å². The fourth-order valence-electron chi connectivity index (χ4n) is 2.07. The maximum Gasteiger partial charge on any atom is 0.303 e. The van der Waals surface area contributed by atoms with E-state index in [2.05, 4.69) is 24.1 Å². The Morgan fingerprint density at radius 3 is 2.71 bits per heavy atom. The van der Waals surface area contributed by atoms with Crippen LogP contribution in [0.1, 0.15) is 46.0 Å². The van der Waals surface area contributed by atoms with Crippen LogP contribution < -0.4 is 10.9 Å². The number of rotatable bonds is 10. The van der Waals surface area contributed by atoms with Crippen LogP contribution in [0, 0.1) is 5.92 Å². The van der Waals surface area contributed by atoms with E-state index in [9.17, 15) is 9.59 Å². The second kappa shape index (κ2) is 9.15. The van der Waals surface area contributed by atoms with Crippen molar-refractivity contribution in [2.75, 3.05) is 11.9 Å².